The summed E-state index contributed by atoms with van der Waals surface area (Å²) in [7, 11) is 0. The molecule has 1 N–H and O–H groups in total. The fraction of sp³-hybridized carbons (Fsp3) is 0.200. The van der Waals surface area contributed by atoms with Gasteiger partial charge in [0.1, 0.15) is 5.76 Å². The average Bonchev–Trinajstić information content (AvgIpc) is 2.98. The second kappa shape index (κ2) is 5.61. The molecular formula is C15H12ClNO4. The molecule has 108 valence electrons. The summed E-state index contributed by atoms with van der Waals surface area (Å²) in [5.41, 5.74) is 1.17. The molecule has 0 radical (unpaired) electrons. The summed E-state index contributed by atoms with van der Waals surface area (Å²) in [5.74, 6) is -0.241. The van der Waals surface area contributed by atoms with Crippen molar-refractivity contribution in [1.29, 1.82) is 0 Å². The van der Waals surface area contributed by atoms with E-state index >= 15 is 0 Å². The highest BCUT2D eigenvalue weighted by atomic mass is 35.5. The first-order chi connectivity index (χ1) is 10.1. The van der Waals surface area contributed by atoms with Crippen molar-refractivity contribution >= 4 is 23.5 Å². The Morgan fingerprint density at radius 1 is 1.38 bits per heavy atom. The number of benzene rings is 1. The number of cyclic esters (lactones) is 1. The number of hydrogen-bond donors (Lipinski definition) is 1. The van der Waals surface area contributed by atoms with Crippen LogP contribution in [0.4, 0.5) is 0 Å². The first-order valence-electron chi connectivity index (χ1n) is 6.43. The molecule has 1 atom stereocenters. The highest BCUT2D eigenvalue weighted by molar-refractivity contribution is 6.31. The van der Waals surface area contributed by atoms with Gasteiger partial charge in [0, 0.05) is 11.4 Å². The number of hydrogen-bond acceptors (Lipinski definition) is 4. The summed E-state index contributed by atoms with van der Waals surface area (Å²) >= 11 is 5.85. The fourth-order valence-electron chi connectivity index (χ4n) is 2.20. The SMILES string of the molecule is O=C1OC(C(=O)NCc2ccco2)Cc2ccc(Cl)cc21. The van der Waals surface area contributed by atoms with E-state index in [4.69, 9.17) is 20.8 Å². The molecule has 6 heteroatoms. The van der Waals surface area contributed by atoms with Crippen molar-refractivity contribution < 1.29 is 18.7 Å². The van der Waals surface area contributed by atoms with Gasteiger partial charge in [0.25, 0.3) is 5.91 Å². The third-order valence-corrected chi connectivity index (χ3v) is 3.49. The Bertz CT molecular complexity index is 681. The van der Waals surface area contributed by atoms with Gasteiger partial charge in [-0.3, -0.25) is 4.79 Å². The molecule has 1 unspecified atom stereocenters. The van der Waals surface area contributed by atoms with Crippen LogP contribution in [0.1, 0.15) is 21.7 Å². The van der Waals surface area contributed by atoms with Crippen molar-refractivity contribution in [2.24, 2.45) is 0 Å². The van der Waals surface area contributed by atoms with E-state index in [0.29, 0.717) is 22.8 Å². The largest absolute Gasteiger partial charge is 0.467 e. The molecular weight excluding hydrogens is 294 g/mol. The van der Waals surface area contributed by atoms with Gasteiger partial charge in [-0.2, -0.15) is 0 Å². The maximum absolute atomic E-state index is 12.1. The maximum atomic E-state index is 12.1. The van der Waals surface area contributed by atoms with Gasteiger partial charge in [-0.25, -0.2) is 4.79 Å². The second-order valence-corrected chi connectivity index (χ2v) is 5.13. The van der Waals surface area contributed by atoms with Gasteiger partial charge in [0.2, 0.25) is 0 Å². The maximum Gasteiger partial charge on any atom is 0.339 e. The van der Waals surface area contributed by atoms with Crippen LogP contribution >= 0.6 is 11.6 Å². The second-order valence-electron chi connectivity index (χ2n) is 4.70. The number of furan rings is 1. The Kier molecular flexibility index (Phi) is 3.66. The van der Waals surface area contributed by atoms with E-state index < -0.39 is 12.1 Å². The first-order valence-corrected chi connectivity index (χ1v) is 6.81. The van der Waals surface area contributed by atoms with Crippen molar-refractivity contribution in [2.75, 3.05) is 0 Å². The highest BCUT2D eigenvalue weighted by Gasteiger charge is 2.31. The molecule has 0 fully saturated rings. The fourth-order valence-corrected chi connectivity index (χ4v) is 2.37. The molecule has 1 aromatic carbocycles. The van der Waals surface area contributed by atoms with E-state index in [1.807, 2.05) is 0 Å². The average molecular weight is 306 g/mol. The topological polar surface area (TPSA) is 68.5 Å². The Morgan fingerprint density at radius 3 is 3.00 bits per heavy atom. The molecule has 0 saturated heterocycles. The Balaban J connectivity index is 1.69. The van der Waals surface area contributed by atoms with Crippen molar-refractivity contribution in [2.45, 2.75) is 19.1 Å². The summed E-state index contributed by atoms with van der Waals surface area (Å²) in [5, 5.41) is 3.15. The number of nitrogens with one attached hydrogen (secondary N) is 1. The van der Waals surface area contributed by atoms with Crippen molar-refractivity contribution in [1.82, 2.24) is 5.32 Å². The van der Waals surface area contributed by atoms with Crippen molar-refractivity contribution in [3.8, 4) is 0 Å². The number of carbonyl (C=O) groups excluding carboxylic acids is 2. The standard InChI is InChI=1S/C15H12ClNO4/c16-10-4-3-9-6-13(21-15(19)12(9)7-10)14(18)17-8-11-2-1-5-20-11/h1-5,7,13H,6,8H2,(H,17,18). The molecule has 1 aromatic heterocycles. The number of esters is 1. The summed E-state index contributed by atoms with van der Waals surface area (Å²) in [6.45, 7) is 0.257. The molecule has 0 spiro atoms. The lowest BCUT2D eigenvalue weighted by atomic mass is 9.98. The van der Waals surface area contributed by atoms with Crippen molar-refractivity contribution in [3.05, 3.63) is 58.5 Å². The molecule has 1 aliphatic heterocycles. The molecule has 2 heterocycles. The van der Waals surface area contributed by atoms with E-state index in [1.54, 1.807) is 30.3 Å². The van der Waals surface area contributed by atoms with Crippen LogP contribution in [0.2, 0.25) is 5.02 Å². The summed E-state index contributed by atoms with van der Waals surface area (Å²) in [6.07, 6.45) is 1.03. The predicted molar refractivity (Wildman–Crippen MR) is 74.9 cm³/mol. The lowest BCUT2D eigenvalue weighted by Crippen LogP contribution is -2.41. The predicted octanol–water partition coefficient (Wildman–Crippen LogP) is 2.33. The van der Waals surface area contributed by atoms with Crippen LogP contribution < -0.4 is 5.32 Å². The monoisotopic (exact) mass is 305 g/mol. The number of amides is 1. The molecule has 5 nitrogen and oxygen atoms in total. The van der Waals surface area contributed by atoms with Gasteiger partial charge in [-0.1, -0.05) is 17.7 Å². The third kappa shape index (κ3) is 2.92. The van der Waals surface area contributed by atoms with E-state index in [9.17, 15) is 9.59 Å². The lowest BCUT2D eigenvalue weighted by Gasteiger charge is -2.23. The molecule has 1 amide bonds. The van der Waals surface area contributed by atoms with Gasteiger partial charge < -0.3 is 14.5 Å². The highest BCUT2D eigenvalue weighted by Crippen LogP contribution is 2.24. The third-order valence-electron chi connectivity index (χ3n) is 3.26. The zero-order chi connectivity index (χ0) is 14.8. The molecule has 21 heavy (non-hydrogen) atoms. The normalized spacial score (nSPS) is 17.0. The number of carbonyl (C=O) groups is 2. The smallest absolute Gasteiger partial charge is 0.339 e. The molecule has 0 aliphatic carbocycles. The molecule has 1 aliphatic rings. The number of fused-ring (bicyclic) bond motifs is 1. The van der Waals surface area contributed by atoms with Crippen LogP contribution in [0, 0.1) is 0 Å². The number of rotatable bonds is 3. The molecule has 0 saturated carbocycles. The zero-order valence-corrected chi connectivity index (χ0v) is 11.7. The molecule has 3 rings (SSSR count). The van der Waals surface area contributed by atoms with E-state index in [0.717, 1.165) is 5.56 Å². The summed E-state index contributed by atoms with van der Waals surface area (Å²) in [6, 6.07) is 8.48. The van der Waals surface area contributed by atoms with Gasteiger partial charge in [0.15, 0.2) is 6.10 Å². The number of halogens is 1. The minimum absolute atomic E-state index is 0.257. The minimum Gasteiger partial charge on any atom is -0.467 e. The van der Waals surface area contributed by atoms with Crippen LogP contribution in [0.25, 0.3) is 0 Å². The molecule has 2 aromatic rings. The van der Waals surface area contributed by atoms with E-state index in [-0.39, 0.29) is 12.5 Å². The summed E-state index contributed by atoms with van der Waals surface area (Å²) < 4.78 is 10.3. The van der Waals surface area contributed by atoms with Crippen LogP contribution in [-0.2, 0) is 22.5 Å². The van der Waals surface area contributed by atoms with Gasteiger partial charge in [0.05, 0.1) is 18.4 Å². The minimum atomic E-state index is -0.832. The van der Waals surface area contributed by atoms with Gasteiger partial charge >= 0.3 is 5.97 Å². The number of ether oxygens (including phenoxy) is 1. The van der Waals surface area contributed by atoms with Gasteiger partial charge in [-0.05, 0) is 29.8 Å². The van der Waals surface area contributed by atoms with E-state index in [2.05, 4.69) is 5.32 Å². The van der Waals surface area contributed by atoms with Crippen LogP contribution in [0.15, 0.2) is 41.0 Å². The molecule has 0 bridgehead atoms. The quantitative estimate of drug-likeness (QED) is 0.884. The Hall–Kier alpha value is -2.27. The summed E-state index contributed by atoms with van der Waals surface area (Å²) in [4.78, 5) is 24.0. The zero-order valence-electron chi connectivity index (χ0n) is 11.0. The van der Waals surface area contributed by atoms with Crippen molar-refractivity contribution in [3.63, 3.8) is 0 Å². The Labute approximate surface area is 125 Å². The first kappa shape index (κ1) is 13.7. The lowest BCUT2D eigenvalue weighted by molar-refractivity contribution is -0.130. The van der Waals surface area contributed by atoms with E-state index in [1.165, 1.54) is 6.26 Å². The van der Waals surface area contributed by atoms with Crippen LogP contribution in [0.5, 0.6) is 0 Å². The Morgan fingerprint density at radius 2 is 2.24 bits per heavy atom. The van der Waals surface area contributed by atoms with Gasteiger partial charge in [-0.15, -0.1) is 0 Å². The van der Waals surface area contributed by atoms with Crippen LogP contribution in [-0.4, -0.2) is 18.0 Å². The van der Waals surface area contributed by atoms with Crippen LogP contribution in [0.3, 0.4) is 0 Å².